The van der Waals surface area contributed by atoms with Crippen LogP contribution in [0, 0.1) is 0 Å². The summed E-state index contributed by atoms with van der Waals surface area (Å²) in [7, 11) is 0. The van der Waals surface area contributed by atoms with Gasteiger partial charge in [-0.25, -0.2) is 0 Å². The summed E-state index contributed by atoms with van der Waals surface area (Å²) in [6, 6.07) is 0. The predicted octanol–water partition coefficient (Wildman–Crippen LogP) is 19.6. The van der Waals surface area contributed by atoms with Crippen LogP contribution in [-0.2, 0) is 28.7 Å². The molecule has 0 spiro atoms. The molecule has 8 nitrogen and oxygen atoms in total. The second kappa shape index (κ2) is 69.4. The van der Waals surface area contributed by atoms with Gasteiger partial charge in [-0.1, -0.05) is 297 Å². The number of carboxylic acid groups (broad SMARTS) is 2. The molecule has 0 aliphatic heterocycles. The maximum atomic E-state index is 12.5. The van der Waals surface area contributed by atoms with Gasteiger partial charge < -0.3 is 29.3 Å². The van der Waals surface area contributed by atoms with Gasteiger partial charge in [-0.15, -0.1) is 0 Å². The predicted molar refractivity (Wildman–Crippen MR) is 326 cm³/mol. The maximum absolute atomic E-state index is 12.5. The minimum Gasteiger partial charge on any atom is -0.550 e. The van der Waals surface area contributed by atoms with E-state index in [0.29, 0.717) is 12.8 Å². The molecule has 0 saturated heterocycles. The van der Waals surface area contributed by atoms with Crippen LogP contribution in [0.5, 0.6) is 0 Å². The van der Waals surface area contributed by atoms with Crippen molar-refractivity contribution in [1.29, 1.82) is 0 Å². The Morgan fingerprint density at radius 2 is 0.403 bits per heavy atom. The summed E-state index contributed by atoms with van der Waals surface area (Å²) in [6.45, 7) is 9.03. The number of carbonyl (C=O) groups excluding carboxylic acids is 4. The van der Waals surface area contributed by atoms with Crippen molar-refractivity contribution in [2.24, 2.45) is 0 Å². The van der Waals surface area contributed by atoms with Crippen molar-refractivity contribution in [2.75, 3.05) is 0 Å². The Hall–Kier alpha value is -0.860. The number of carboxylic acids is 2. The molecule has 0 radical (unpaired) electrons. The molecule has 452 valence electrons. The van der Waals surface area contributed by atoms with Crippen LogP contribution in [0.15, 0.2) is 0 Å². The van der Waals surface area contributed by atoms with Gasteiger partial charge in [0.25, 0.3) is 0 Å². The number of hydrogen-bond acceptors (Lipinski definition) is 8. The Kier molecular flexibility index (Phi) is 72.4. The molecule has 0 N–H and O–H groups in total. The van der Waals surface area contributed by atoms with Crippen LogP contribution in [0.2, 0.25) is 0 Å². The van der Waals surface area contributed by atoms with E-state index < -0.39 is 11.9 Å². The smallest absolute Gasteiger partial charge is 0.550 e. The van der Waals surface area contributed by atoms with Crippen LogP contribution in [0.3, 0.4) is 0 Å². The van der Waals surface area contributed by atoms with Crippen molar-refractivity contribution in [1.82, 2.24) is 0 Å². The molecule has 77 heavy (non-hydrogen) atoms. The molecule has 2 atom stereocenters. The fraction of sp³-hybridized carbons (Fsp3) is 0.941. The van der Waals surface area contributed by atoms with E-state index in [0.717, 1.165) is 128 Å². The minimum absolute atomic E-state index is 0. The number of hydrogen-bond donors (Lipinski definition) is 0. The van der Waals surface area contributed by atoms with Gasteiger partial charge in [0.15, 0.2) is 0 Å². The quantitative estimate of drug-likeness (QED) is 0.0334. The zero-order valence-corrected chi connectivity index (χ0v) is 54.3. The number of carbonyl (C=O) groups is 4. The van der Waals surface area contributed by atoms with Gasteiger partial charge in [-0.3, -0.25) is 9.59 Å². The van der Waals surface area contributed by atoms with Crippen LogP contribution in [-0.4, -0.2) is 73.8 Å². The van der Waals surface area contributed by atoms with Crippen LogP contribution < -0.4 is 10.2 Å². The molecule has 0 amide bonds. The molecule has 2 unspecified atom stereocenters. The molecular weight excluding hydrogens is 985 g/mol. The van der Waals surface area contributed by atoms with Gasteiger partial charge >= 0.3 is 49.7 Å². The molecular formula is C68H130CaO8. The van der Waals surface area contributed by atoms with Crippen molar-refractivity contribution in [2.45, 2.75) is 412 Å². The molecule has 0 aromatic carbocycles. The van der Waals surface area contributed by atoms with Crippen molar-refractivity contribution in [3.63, 3.8) is 0 Å². The third kappa shape index (κ3) is 71.2. The Morgan fingerprint density at radius 3 is 0.584 bits per heavy atom. The third-order valence-electron chi connectivity index (χ3n) is 15.6. The molecule has 0 aromatic heterocycles. The minimum atomic E-state index is -0.936. The molecule has 0 rings (SSSR count). The summed E-state index contributed by atoms with van der Waals surface area (Å²) in [6.07, 6.45) is 67.4. The summed E-state index contributed by atoms with van der Waals surface area (Å²) < 4.78 is 11.9. The largest absolute Gasteiger partial charge is 2.00 e. The van der Waals surface area contributed by atoms with Crippen LogP contribution in [0.1, 0.15) is 400 Å². The standard InChI is InChI=1S/2C34H66O4.Ca/c2*1-3-5-7-9-10-11-12-13-14-15-19-23-27-31-34(37)38-32(28-24-20-8-6-4-2)29-25-21-17-16-18-22-26-30-33(35)36;/h2*32H,3-31H2,1-2H3,(H,35,36);/q;;+2/p-2. The molecule has 9 heteroatoms. The first kappa shape index (κ1) is 80.4. The van der Waals surface area contributed by atoms with Gasteiger partial charge in [0, 0.05) is 24.8 Å². The number of esters is 2. The Balaban J connectivity index is -0.00000140. The third-order valence-corrected chi connectivity index (χ3v) is 15.6. The van der Waals surface area contributed by atoms with Crippen molar-refractivity contribution in [3.8, 4) is 0 Å². The first-order valence-electron chi connectivity index (χ1n) is 34.0. The number of ether oxygens (including phenoxy) is 2. The van der Waals surface area contributed by atoms with E-state index in [1.54, 1.807) is 0 Å². The van der Waals surface area contributed by atoms with E-state index in [1.807, 2.05) is 0 Å². The fourth-order valence-corrected chi connectivity index (χ4v) is 10.6. The van der Waals surface area contributed by atoms with E-state index in [1.165, 1.54) is 218 Å². The SMILES string of the molecule is CCCCCCCCCCCCCCCC(=O)OC(CCCCCCC)CCCCCCCCCC(=O)[O-].CCCCCCCCCCCCCCCC(=O)OC(CCCCCCC)CCCCCCCCCC(=O)[O-].[Ca+2]. The van der Waals surface area contributed by atoms with Crippen molar-refractivity contribution < 1.29 is 38.9 Å². The van der Waals surface area contributed by atoms with Crippen LogP contribution in [0.4, 0.5) is 0 Å². The Labute approximate surface area is 509 Å². The molecule has 0 aliphatic carbocycles. The van der Waals surface area contributed by atoms with Gasteiger partial charge in [0.2, 0.25) is 0 Å². The Bertz CT molecular complexity index is 1110. The van der Waals surface area contributed by atoms with E-state index in [-0.39, 0.29) is 74.7 Å². The molecule has 0 fully saturated rings. The maximum Gasteiger partial charge on any atom is 2.00 e. The molecule has 0 aliphatic rings. The summed E-state index contributed by atoms with van der Waals surface area (Å²) in [5, 5.41) is 20.9. The van der Waals surface area contributed by atoms with Crippen molar-refractivity contribution in [3.05, 3.63) is 0 Å². The van der Waals surface area contributed by atoms with Crippen LogP contribution in [0.25, 0.3) is 0 Å². The molecule has 0 saturated carbocycles. The second-order valence-electron chi connectivity index (χ2n) is 23.4. The number of aliphatic carboxylic acids is 2. The molecule has 0 bridgehead atoms. The normalized spacial score (nSPS) is 11.9. The van der Waals surface area contributed by atoms with E-state index in [2.05, 4.69) is 27.7 Å². The van der Waals surface area contributed by atoms with Gasteiger partial charge in [-0.2, -0.15) is 0 Å². The van der Waals surface area contributed by atoms with Crippen LogP contribution >= 0.6 is 0 Å². The van der Waals surface area contributed by atoms with Gasteiger partial charge in [0.1, 0.15) is 12.2 Å². The van der Waals surface area contributed by atoms with Crippen molar-refractivity contribution >= 4 is 61.6 Å². The number of rotatable bonds is 62. The average molecular weight is 1120 g/mol. The monoisotopic (exact) mass is 1110 g/mol. The van der Waals surface area contributed by atoms with Gasteiger partial charge in [-0.05, 0) is 89.9 Å². The topological polar surface area (TPSA) is 133 Å². The Morgan fingerprint density at radius 1 is 0.247 bits per heavy atom. The van der Waals surface area contributed by atoms with E-state index in [9.17, 15) is 29.4 Å². The summed E-state index contributed by atoms with van der Waals surface area (Å²) >= 11 is 0. The van der Waals surface area contributed by atoms with E-state index >= 15 is 0 Å². The zero-order chi connectivity index (χ0) is 55.9. The fourth-order valence-electron chi connectivity index (χ4n) is 10.6. The average Bonchev–Trinajstić information content (AvgIpc) is 3.39. The molecule has 0 aromatic rings. The summed E-state index contributed by atoms with van der Waals surface area (Å²) in [5.74, 6) is -1.84. The first-order valence-corrected chi connectivity index (χ1v) is 34.0. The first-order chi connectivity index (χ1) is 37.2. The summed E-state index contributed by atoms with van der Waals surface area (Å²) in [4.78, 5) is 45.9. The molecule has 0 heterocycles. The van der Waals surface area contributed by atoms with E-state index in [4.69, 9.17) is 9.47 Å². The zero-order valence-electron chi connectivity index (χ0n) is 52.1. The van der Waals surface area contributed by atoms with Gasteiger partial charge in [0.05, 0.1) is 0 Å². The second-order valence-corrected chi connectivity index (χ2v) is 23.4. The summed E-state index contributed by atoms with van der Waals surface area (Å²) in [5.41, 5.74) is 0. The number of unbranched alkanes of at least 4 members (excludes halogenated alkanes) is 44.